The van der Waals surface area contributed by atoms with Gasteiger partial charge in [0.1, 0.15) is 6.10 Å². The predicted octanol–water partition coefficient (Wildman–Crippen LogP) is -0.369. The van der Waals surface area contributed by atoms with Crippen LogP contribution in [0.25, 0.3) is 0 Å². The van der Waals surface area contributed by atoms with Gasteiger partial charge in [0.25, 0.3) is 0 Å². The van der Waals surface area contributed by atoms with Crippen molar-refractivity contribution in [2.75, 3.05) is 5.33 Å². The molecule has 0 rings (SSSR count). The largest absolute Gasteiger partial charge is 0.387 e. The molecular weight excluding hydrogens is 244 g/mol. The van der Waals surface area contributed by atoms with Gasteiger partial charge in [0.15, 0.2) is 6.29 Å². The average Bonchev–Trinajstić information content (AvgIpc) is 1.65. The van der Waals surface area contributed by atoms with Crippen LogP contribution < -0.4 is 0 Å². The molecule has 0 saturated heterocycles. The van der Waals surface area contributed by atoms with Crippen molar-refractivity contribution in [3.05, 3.63) is 0 Å². The van der Waals surface area contributed by atoms with E-state index >= 15 is 0 Å². The fourth-order valence-corrected chi connectivity index (χ4v) is 0.414. The summed E-state index contributed by atoms with van der Waals surface area (Å²) in [6.45, 7) is 0. The van der Waals surface area contributed by atoms with Gasteiger partial charge in [-0.05, 0) is 0 Å². The lowest BCUT2D eigenvalue weighted by Gasteiger charge is -2.06. The lowest BCUT2D eigenvalue weighted by molar-refractivity contribution is -0.112. The van der Waals surface area contributed by atoms with Crippen LogP contribution in [0, 0.1) is 0 Å². The Morgan fingerprint density at radius 3 is 1.62 bits per heavy atom. The molecule has 0 aliphatic heterocycles. The Morgan fingerprint density at radius 2 is 1.62 bits per heavy atom. The first-order chi connectivity index (χ1) is 3.18. The highest BCUT2D eigenvalue weighted by Crippen LogP contribution is 1.92. The van der Waals surface area contributed by atoms with Gasteiger partial charge in [-0.25, -0.2) is 0 Å². The zero-order valence-electron chi connectivity index (χ0n) is 3.99. The Balaban J connectivity index is 0. The van der Waals surface area contributed by atoms with Crippen LogP contribution in [0.1, 0.15) is 0 Å². The van der Waals surface area contributed by atoms with E-state index in [1.54, 1.807) is 0 Å². The van der Waals surface area contributed by atoms with Gasteiger partial charge in [0.05, 0.1) is 0 Å². The van der Waals surface area contributed by atoms with Gasteiger partial charge < -0.3 is 15.3 Å². The molecule has 0 aliphatic carbocycles. The smallest absolute Gasteiger partial charge is 0.178 e. The Hall–Kier alpha value is 0.840. The van der Waals surface area contributed by atoms with Crippen LogP contribution in [0.4, 0.5) is 0 Å². The van der Waals surface area contributed by atoms with Gasteiger partial charge in [-0.15, -0.1) is 17.0 Å². The fraction of sp³-hybridized carbons (Fsp3) is 1.00. The van der Waals surface area contributed by atoms with Crippen LogP contribution in [0.3, 0.4) is 0 Å². The molecule has 0 heterocycles. The molecule has 0 bridgehead atoms. The Bertz CT molecular complexity index is 49.8. The second-order valence-electron chi connectivity index (χ2n) is 1.14. The monoisotopic (exact) mass is 250 g/mol. The van der Waals surface area contributed by atoms with E-state index in [-0.39, 0.29) is 22.3 Å². The molecule has 0 aromatic rings. The summed E-state index contributed by atoms with van der Waals surface area (Å²) in [6, 6.07) is 0. The second-order valence-corrected chi connectivity index (χ2v) is 1.78. The molecule has 0 saturated carbocycles. The molecule has 8 heavy (non-hydrogen) atoms. The average molecular weight is 252 g/mol. The summed E-state index contributed by atoms with van der Waals surface area (Å²) in [5.74, 6) is 0. The molecule has 1 unspecified atom stereocenters. The predicted molar refractivity (Wildman–Crippen MR) is 38.3 cm³/mol. The lowest BCUT2D eigenvalue weighted by Crippen LogP contribution is -2.26. The highest BCUT2D eigenvalue weighted by molar-refractivity contribution is 9.09. The summed E-state index contributed by atoms with van der Waals surface area (Å²) < 4.78 is 0. The summed E-state index contributed by atoms with van der Waals surface area (Å²) in [6.07, 6.45) is -2.70. The van der Waals surface area contributed by atoms with E-state index in [9.17, 15) is 0 Å². The molecule has 0 aliphatic rings. The minimum Gasteiger partial charge on any atom is -0.387 e. The molecule has 0 radical (unpaired) electrons. The SMILES string of the molecule is Br.OC(O)C(O)CBr. The van der Waals surface area contributed by atoms with E-state index in [1.165, 1.54) is 0 Å². The maximum Gasteiger partial charge on any atom is 0.178 e. The second kappa shape index (κ2) is 5.97. The number of alkyl halides is 1. The van der Waals surface area contributed by atoms with E-state index in [0.29, 0.717) is 0 Å². The highest BCUT2D eigenvalue weighted by Gasteiger charge is 2.08. The van der Waals surface area contributed by atoms with Crippen molar-refractivity contribution in [1.29, 1.82) is 0 Å². The minimum atomic E-state index is -1.63. The number of halogens is 2. The van der Waals surface area contributed by atoms with Crippen LogP contribution in [-0.4, -0.2) is 33.0 Å². The Labute approximate surface area is 66.2 Å². The number of aliphatic hydroxyl groups is 3. The topological polar surface area (TPSA) is 60.7 Å². The van der Waals surface area contributed by atoms with E-state index in [4.69, 9.17) is 15.3 Å². The number of hydrogen-bond acceptors (Lipinski definition) is 3. The van der Waals surface area contributed by atoms with Crippen LogP contribution in [0.5, 0.6) is 0 Å². The van der Waals surface area contributed by atoms with Crippen molar-refractivity contribution in [3.8, 4) is 0 Å². The summed E-state index contributed by atoms with van der Waals surface area (Å²) in [5.41, 5.74) is 0. The maximum atomic E-state index is 8.39. The van der Waals surface area contributed by atoms with Crippen molar-refractivity contribution in [2.45, 2.75) is 12.4 Å². The quantitative estimate of drug-likeness (QED) is 0.464. The Kier molecular flexibility index (Phi) is 8.66. The Morgan fingerprint density at radius 1 is 1.25 bits per heavy atom. The third-order valence-corrected chi connectivity index (χ3v) is 1.17. The van der Waals surface area contributed by atoms with Crippen LogP contribution in [0.2, 0.25) is 0 Å². The molecule has 0 amide bonds. The molecule has 0 aromatic heterocycles. The van der Waals surface area contributed by atoms with E-state index in [2.05, 4.69) is 15.9 Å². The number of aliphatic hydroxyl groups excluding tert-OH is 2. The summed E-state index contributed by atoms with van der Waals surface area (Å²) in [7, 11) is 0. The standard InChI is InChI=1S/C3H7BrO3.BrH/c4-1-2(5)3(6)7;/h2-3,5-7H,1H2;1H. The summed E-state index contributed by atoms with van der Waals surface area (Å²) >= 11 is 2.85. The van der Waals surface area contributed by atoms with Crippen molar-refractivity contribution < 1.29 is 15.3 Å². The molecule has 52 valence electrons. The lowest BCUT2D eigenvalue weighted by atomic mass is 10.4. The normalized spacial score (nSPS) is 13.1. The number of rotatable bonds is 2. The first kappa shape index (κ1) is 11.6. The first-order valence-corrected chi connectivity index (χ1v) is 2.90. The van der Waals surface area contributed by atoms with Gasteiger partial charge in [-0.3, -0.25) is 0 Å². The summed E-state index contributed by atoms with van der Waals surface area (Å²) in [5, 5.41) is 24.8. The zero-order valence-corrected chi connectivity index (χ0v) is 7.29. The van der Waals surface area contributed by atoms with Crippen LogP contribution in [0.15, 0.2) is 0 Å². The molecule has 0 aromatic carbocycles. The van der Waals surface area contributed by atoms with Gasteiger partial charge in [0, 0.05) is 5.33 Å². The molecule has 0 spiro atoms. The van der Waals surface area contributed by atoms with Gasteiger partial charge >= 0.3 is 0 Å². The third kappa shape index (κ3) is 4.99. The van der Waals surface area contributed by atoms with Gasteiger partial charge in [-0.2, -0.15) is 0 Å². The first-order valence-electron chi connectivity index (χ1n) is 1.78. The van der Waals surface area contributed by atoms with Crippen LogP contribution in [-0.2, 0) is 0 Å². The van der Waals surface area contributed by atoms with Crippen molar-refractivity contribution in [2.24, 2.45) is 0 Å². The highest BCUT2D eigenvalue weighted by atomic mass is 79.9. The zero-order chi connectivity index (χ0) is 5.86. The van der Waals surface area contributed by atoms with Crippen molar-refractivity contribution >= 4 is 32.9 Å². The van der Waals surface area contributed by atoms with E-state index in [1.807, 2.05) is 0 Å². The molecule has 3 nitrogen and oxygen atoms in total. The molecule has 5 heteroatoms. The van der Waals surface area contributed by atoms with Crippen molar-refractivity contribution in [1.82, 2.24) is 0 Å². The molecule has 0 fully saturated rings. The van der Waals surface area contributed by atoms with E-state index < -0.39 is 12.4 Å². The summed E-state index contributed by atoms with van der Waals surface area (Å²) in [4.78, 5) is 0. The fourth-order valence-electron chi connectivity index (χ4n) is 0.0797. The van der Waals surface area contributed by atoms with Gasteiger partial charge in [0.2, 0.25) is 0 Å². The van der Waals surface area contributed by atoms with Crippen LogP contribution >= 0.6 is 32.9 Å². The molecule has 3 N–H and O–H groups in total. The maximum absolute atomic E-state index is 8.39. The molecule has 1 atom stereocenters. The molecular formula is C3H8Br2O3. The van der Waals surface area contributed by atoms with E-state index in [0.717, 1.165) is 0 Å². The van der Waals surface area contributed by atoms with Gasteiger partial charge in [-0.1, -0.05) is 15.9 Å². The number of hydrogen-bond donors (Lipinski definition) is 3. The van der Waals surface area contributed by atoms with Crippen molar-refractivity contribution in [3.63, 3.8) is 0 Å². The minimum absolute atomic E-state index is 0. The third-order valence-electron chi connectivity index (χ3n) is 0.502.